The lowest BCUT2D eigenvalue weighted by atomic mass is 10.1. The number of rotatable bonds is 6. The van der Waals surface area contributed by atoms with Crippen molar-refractivity contribution in [2.45, 2.75) is 0 Å². The molecule has 0 saturated heterocycles. The van der Waals surface area contributed by atoms with E-state index in [1.165, 1.54) is 20.4 Å². The number of amides is 1. The van der Waals surface area contributed by atoms with Gasteiger partial charge in [-0.2, -0.15) is 5.10 Å². The molecule has 3 aromatic rings. The van der Waals surface area contributed by atoms with Crippen LogP contribution in [0.1, 0.15) is 15.9 Å². The predicted octanol–water partition coefficient (Wildman–Crippen LogP) is 3.91. The molecule has 0 saturated carbocycles. The number of hydrogen-bond donors (Lipinski definition) is 1. The Morgan fingerprint density at radius 1 is 1.07 bits per heavy atom. The number of carbonyl (C=O) groups excluding carboxylic acids is 1. The second-order valence-corrected chi connectivity index (χ2v) is 5.94. The van der Waals surface area contributed by atoms with Crippen molar-refractivity contribution in [3.8, 4) is 17.2 Å². The van der Waals surface area contributed by atoms with Crippen LogP contribution in [0.3, 0.4) is 0 Å². The Balaban J connectivity index is 1.79. The van der Waals surface area contributed by atoms with E-state index in [-0.39, 0.29) is 5.91 Å². The standard InChI is InChI=1S/C20H18ClN3O3/c1-26-18-11-14(16(21)12-19(18)27-2)13-22-23-20(25)15-7-3-4-8-17(15)24-9-5-6-10-24/h3-13H,1-2H3,(H,23,25)/b22-13-. The third-order valence-electron chi connectivity index (χ3n) is 3.90. The number of nitrogens with one attached hydrogen (secondary N) is 1. The first-order chi connectivity index (χ1) is 13.1. The number of hydrazone groups is 1. The average molecular weight is 384 g/mol. The zero-order valence-electron chi connectivity index (χ0n) is 14.8. The first-order valence-corrected chi connectivity index (χ1v) is 8.49. The summed E-state index contributed by atoms with van der Waals surface area (Å²) < 4.78 is 12.3. The third kappa shape index (κ3) is 4.12. The lowest BCUT2D eigenvalue weighted by Crippen LogP contribution is -2.19. The van der Waals surface area contributed by atoms with Crippen molar-refractivity contribution < 1.29 is 14.3 Å². The van der Waals surface area contributed by atoms with Crippen LogP contribution in [0, 0.1) is 0 Å². The van der Waals surface area contributed by atoms with E-state index in [9.17, 15) is 4.79 Å². The van der Waals surface area contributed by atoms with Gasteiger partial charge in [0.2, 0.25) is 0 Å². The zero-order valence-corrected chi connectivity index (χ0v) is 15.6. The highest BCUT2D eigenvalue weighted by atomic mass is 35.5. The minimum Gasteiger partial charge on any atom is -0.493 e. The van der Waals surface area contributed by atoms with Gasteiger partial charge in [0.15, 0.2) is 11.5 Å². The molecule has 0 aliphatic heterocycles. The number of ether oxygens (including phenoxy) is 2. The number of aromatic nitrogens is 1. The van der Waals surface area contributed by atoms with Crippen LogP contribution < -0.4 is 14.9 Å². The molecule has 2 aromatic carbocycles. The smallest absolute Gasteiger partial charge is 0.273 e. The fourth-order valence-electron chi connectivity index (χ4n) is 2.58. The van der Waals surface area contributed by atoms with E-state index in [4.69, 9.17) is 21.1 Å². The molecule has 0 bridgehead atoms. The highest BCUT2D eigenvalue weighted by molar-refractivity contribution is 6.33. The molecule has 3 rings (SSSR count). The molecule has 0 fully saturated rings. The minimum absolute atomic E-state index is 0.327. The SMILES string of the molecule is COc1cc(Cl)c(/C=N\NC(=O)c2ccccc2-n2cccc2)cc1OC. The van der Waals surface area contributed by atoms with Gasteiger partial charge in [-0.25, -0.2) is 5.43 Å². The van der Waals surface area contributed by atoms with Crippen molar-refractivity contribution in [1.82, 2.24) is 9.99 Å². The van der Waals surface area contributed by atoms with Crippen LogP contribution >= 0.6 is 11.6 Å². The van der Waals surface area contributed by atoms with E-state index >= 15 is 0 Å². The van der Waals surface area contributed by atoms with Crippen LogP contribution in [-0.4, -0.2) is 30.9 Å². The first-order valence-electron chi connectivity index (χ1n) is 8.11. The summed E-state index contributed by atoms with van der Waals surface area (Å²) >= 11 is 6.22. The predicted molar refractivity (Wildman–Crippen MR) is 105 cm³/mol. The highest BCUT2D eigenvalue weighted by Crippen LogP contribution is 2.32. The number of hydrogen-bond acceptors (Lipinski definition) is 4. The number of para-hydroxylation sites is 1. The quantitative estimate of drug-likeness (QED) is 0.518. The van der Waals surface area contributed by atoms with Crippen molar-refractivity contribution in [3.05, 3.63) is 77.1 Å². The maximum absolute atomic E-state index is 12.5. The summed E-state index contributed by atoms with van der Waals surface area (Å²) in [6, 6.07) is 14.4. The van der Waals surface area contributed by atoms with Gasteiger partial charge in [0.25, 0.3) is 5.91 Å². The Morgan fingerprint density at radius 2 is 1.74 bits per heavy atom. The van der Waals surface area contributed by atoms with Gasteiger partial charge in [-0.15, -0.1) is 0 Å². The summed E-state index contributed by atoms with van der Waals surface area (Å²) in [4.78, 5) is 12.5. The number of benzene rings is 2. The van der Waals surface area contributed by atoms with Crippen molar-refractivity contribution in [3.63, 3.8) is 0 Å². The van der Waals surface area contributed by atoms with Crippen molar-refractivity contribution in [2.24, 2.45) is 5.10 Å². The highest BCUT2D eigenvalue weighted by Gasteiger charge is 2.12. The van der Waals surface area contributed by atoms with Crippen LogP contribution in [0.5, 0.6) is 11.5 Å². The lowest BCUT2D eigenvalue weighted by Gasteiger charge is -2.10. The average Bonchev–Trinajstić information content (AvgIpc) is 3.23. The Hall–Kier alpha value is -3.25. The number of carbonyl (C=O) groups is 1. The van der Waals surface area contributed by atoms with Crippen molar-refractivity contribution in [2.75, 3.05) is 14.2 Å². The van der Waals surface area contributed by atoms with E-state index in [1.807, 2.05) is 41.2 Å². The van der Waals surface area contributed by atoms with Gasteiger partial charge in [0.05, 0.1) is 36.7 Å². The summed E-state index contributed by atoms with van der Waals surface area (Å²) in [5, 5.41) is 4.45. The first kappa shape index (κ1) is 18.5. The third-order valence-corrected chi connectivity index (χ3v) is 4.23. The Bertz CT molecular complexity index is 969. The van der Waals surface area contributed by atoms with Gasteiger partial charge in [0.1, 0.15) is 0 Å². The second kappa shape index (κ2) is 8.42. The Kier molecular flexibility index (Phi) is 5.78. The molecular weight excluding hydrogens is 366 g/mol. The molecule has 0 aliphatic rings. The number of nitrogens with zero attached hydrogens (tertiary/aromatic N) is 2. The van der Waals surface area contributed by atoms with E-state index in [0.29, 0.717) is 27.6 Å². The molecule has 7 heteroatoms. The number of methoxy groups -OCH3 is 2. The molecule has 1 N–H and O–H groups in total. The van der Waals surface area contributed by atoms with Gasteiger partial charge < -0.3 is 14.0 Å². The molecule has 0 spiro atoms. The molecule has 1 aromatic heterocycles. The molecule has 1 heterocycles. The summed E-state index contributed by atoms with van der Waals surface area (Å²) in [6.45, 7) is 0. The molecule has 0 atom stereocenters. The van der Waals surface area contributed by atoms with Gasteiger partial charge >= 0.3 is 0 Å². The van der Waals surface area contributed by atoms with Crippen LogP contribution in [-0.2, 0) is 0 Å². The molecular formula is C20H18ClN3O3. The Labute approximate surface area is 162 Å². The monoisotopic (exact) mass is 383 g/mol. The van der Waals surface area contributed by atoms with E-state index < -0.39 is 0 Å². The van der Waals surface area contributed by atoms with Crippen LogP contribution in [0.25, 0.3) is 5.69 Å². The summed E-state index contributed by atoms with van der Waals surface area (Å²) in [7, 11) is 3.07. The van der Waals surface area contributed by atoms with Gasteiger partial charge in [0, 0.05) is 24.0 Å². The van der Waals surface area contributed by atoms with E-state index in [1.54, 1.807) is 24.3 Å². The fraction of sp³-hybridized carbons (Fsp3) is 0.100. The zero-order chi connectivity index (χ0) is 19.2. The molecule has 6 nitrogen and oxygen atoms in total. The summed E-state index contributed by atoms with van der Waals surface area (Å²) in [5.41, 5.74) is 4.39. The van der Waals surface area contributed by atoms with E-state index in [0.717, 1.165) is 5.69 Å². The molecule has 0 radical (unpaired) electrons. The summed E-state index contributed by atoms with van der Waals surface area (Å²) in [5.74, 6) is 0.712. The lowest BCUT2D eigenvalue weighted by molar-refractivity contribution is 0.0955. The van der Waals surface area contributed by atoms with Crippen molar-refractivity contribution >= 4 is 23.7 Å². The molecule has 27 heavy (non-hydrogen) atoms. The summed E-state index contributed by atoms with van der Waals surface area (Å²) in [6.07, 6.45) is 5.21. The molecule has 0 aliphatic carbocycles. The van der Waals surface area contributed by atoms with E-state index in [2.05, 4.69) is 10.5 Å². The topological polar surface area (TPSA) is 64.8 Å². The minimum atomic E-state index is -0.327. The number of halogens is 1. The maximum Gasteiger partial charge on any atom is 0.273 e. The van der Waals surface area contributed by atoms with Crippen molar-refractivity contribution in [1.29, 1.82) is 0 Å². The van der Waals surface area contributed by atoms with Crippen LogP contribution in [0.2, 0.25) is 5.02 Å². The molecule has 0 unspecified atom stereocenters. The molecule has 1 amide bonds. The van der Waals surface area contributed by atoms with Crippen LogP contribution in [0.15, 0.2) is 66.0 Å². The normalized spacial score (nSPS) is 10.8. The van der Waals surface area contributed by atoms with Gasteiger partial charge in [-0.05, 0) is 30.3 Å². The van der Waals surface area contributed by atoms with Gasteiger partial charge in [-0.1, -0.05) is 23.7 Å². The molecule has 138 valence electrons. The largest absolute Gasteiger partial charge is 0.493 e. The second-order valence-electron chi connectivity index (χ2n) is 5.54. The fourth-order valence-corrected chi connectivity index (χ4v) is 2.78. The van der Waals surface area contributed by atoms with Crippen LogP contribution in [0.4, 0.5) is 0 Å². The Morgan fingerprint density at radius 3 is 2.44 bits per heavy atom. The van der Waals surface area contributed by atoms with Gasteiger partial charge in [-0.3, -0.25) is 4.79 Å². The maximum atomic E-state index is 12.5.